The minimum Gasteiger partial charge on any atom is -0.507 e. The Kier molecular flexibility index (Phi) is 6.03. The van der Waals surface area contributed by atoms with E-state index in [1.807, 2.05) is 0 Å². The van der Waals surface area contributed by atoms with Crippen molar-refractivity contribution in [2.24, 2.45) is 0 Å². The Labute approximate surface area is 149 Å². The topological polar surface area (TPSA) is 84.9 Å². The third-order valence-electron chi connectivity index (χ3n) is 3.28. The maximum Gasteiger partial charge on any atom is 0.296 e. The molecule has 0 saturated heterocycles. The number of carbonyl (C=O) groups is 2. The van der Waals surface area contributed by atoms with Crippen molar-refractivity contribution in [2.75, 3.05) is 19.5 Å². The first-order chi connectivity index (χ1) is 11.9. The number of amides is 1. The first-order valence-corrected chi connectivity index (χ1v) is 7.56. The lowest BCUT2D eigenvalue weighted by atomic mass is 10.1. The summed E-state index contributed by atoms with van der Waals surface area (Å²) in [6.45, 7) is 0. The molecule has 2 rings (SSSR count). The van der Waals surface area contributed by atoms with E-state index in [0.717, 1.165) is 6.08 Å². The maximum atomic E-state index is 12.0. The first kappa shape index (κ1) is 18.4. The van der Waals surface area contributed by atoms with Gasteiger partial charge in [-0.2, -0.15) is 0 Å². The van der Waals surface area contributed by atoms with Gasteiger partial charge in [-0.25, -0.2) is 0 Å². The van der Waals surface area contributed by atoms with Crippen molar-refractivity contribution in [1.29, 1.82) is 0 Å². The number of methoxy groups -OCH3 is 2. The molecule has 0 radical (unpaired) electrons. The predicted molar refractivity (Wildman–Crippen MR) is 95.2 cm³/mol. The van der Waals surface area contributed by atoms with Crippen molar-refractivity contribution in [3.05, 3.63) is 59.1 Å². The predicted octanol–water partition coefficient (Wildman–Crippen LogP) is 3.46. The van der Waals surface area contributed by atoms with E-state index in [1.54, 1.807) is 36.4 Å². The second kappa shape index (κ2) is 8.21. The van der Waals surface area contributed by atoms with E-state index in [0.29, 0.717) is 22.2 Å². The van der Waals surface area contributed by atoms with Crippen LogP contribution in [0.15, 0.2) is 48.5 Å². The molecule has 2 N–H and O–H groups in total. The first-order valence-electron chi connectivity index (χ1n) is 7.18. The summed E-state index contributed by atoms with van der Waals surface area (Å²) in [4.78, 5) is 23.9. The van der Waals surface area contributed by atoms with Crippen LogP contribution in [0.4, 0.5) is 5.69 Å². The van der Waals surface area contributed by atoms with Crippen LogP contribution >= 0.6 is 11.6 Å². The molecule has 0 unspecified atom stereocenters. The summed E-state index contributed by atoms with van der Waals surface area (Å²) in [5.41, 5.74) is 0.643. The molecule has 0 bridgehead atoms. The number of hydrogen-bond acceptors (Lipinski definition) is 5. The lowest BCUT2D eigenvalue weighted by Crippen LogP contribution is -2.21. The highest BCUT2D eigenvalue weighted by atomic mass is 35.5. The van der Waals surface area contributed by atoms with Gasteiger partial charge in [0.1, 0.15) is 17.3 Å². The molecular formula is C18H16ClNO5. The summed E-state index contributed by atoms with van der Waals surface area (Å²) < 4.78 is 10.2. The zero-order chi connectivity index (χ0) is 18.4. The summed E-state index contributed by atoms with van der Waals surface area (Å²) in [6, 6.07) is 11.0. The van der Waals surface area contributed by atoms with Gasteiger partial charge in [0.2, 0.25) is 5.78 Å². The van der Waals surface area contributed by atoms with Crippen LogP contribution in [0.2, 0.25) is 5.02 Å². The summed E-state index contributed by atoms with van der Waals surface area (Å²) in [6.07, 6.45) is 0.822. The molecule has 2 aromatic carbocycles. The van der Waals surface area contributed by atoms with Crippen molar-refractivity contribution in [1.82, 2.24) is 0 Å². The number of ether oxygens (including phenoxy) is 2. The molecule has 0 fully saturated rings. The molecule has 0 aromatic heterocycles. The maximum absolute atomic E-state index is 12.0. The number of halogens is 1. The Bertz CT molecular complexity index is 815. The van der Waals surface area contributed by atoms with E-state index in [4.69, 9.17) is 21.1 Å². The largest absolute Gasteiger partial charge is 0.507 e. The lowest BCUT2D eigenvalue weighted by Gasteiger charge is -2.09. The zero-order valence-corrected chi connectivity index (χ0v) is 14.3. The minimum atomic E-state index is -0.919. The number of rotatable bonds is 6. The van der Waals surface area contributed by atoms with Gasteiger partial charge in [0.15, 0.2) is 0 Å². The van der Waals surface area contributed by atoms with E-state index >= 15 is 0 Å². The molecule has 0 aliphatic carbocycles. The van der Waals surface area contributed by atoms with Gasteiger partial charge in [0.25, 0.3) is 5.91 Å². The van der Waals surface area contributed by atoms with Gasteiger partial charge in [0.05, 0.1) is 19.8 Å². The summed E-state index contributed by atoms with van der Waals surface area (Å²) in [5, 5.41) is 13.1. The molecule has 2 aromatic rings. The molecule has 0 heterocycles. The monoisotopic (exact) mass is 361 g/mol. The molecule has 7 heteroatoms. The van der Waals surface area contributed by atoms with Crippen molar-refractivity contribution in [3.8, 4) is 11.5 Å². The third-order valence-corrected chi connectivity index (χ3v) is 3.53. The zero-order valence-electron chi connectivity index (χ0n) is 13.6. The lowest BCUT2D eigenvalue weighted by molar-refractivity contribution is -0.131. The van der Waals surface area contributed by atoms with Gasteiger partial charge in [-0.3, -0.25) is 9.59 Å². The highest BCUT2D eigenvalue weighted by Gasteiger charge is 2.16. The van der Waals surface area contributed by atoms with Gasteiger partial charge in [0, 0.05) is 16.8 Å². The summed E-state index contributed by atoms with van der Waals surface area (Å²) >= 11 is 5.76. The highest BCUT2D eigenvalue weighted by molar-refractivity contribution is 6.45. The van der Waals surface area contributed by atoms with E-state index in [1.165, 1.54) is 20.3 Å². The van der Waals surface area contributed by atoms with Crippen molar-refractivity contribution in [2.45, 2.75) is 0 Å². The summed E-state index contributed by atoms with van der Waals surface area (Å²) in [7, 11) is 2.89. The van der Waals surface area contributed by atoms with Crippen LogP contribution in [0.1, 0.15) is 5.56 Å². The van der Waals surface area contributed by atoms with Gasteiger partial charge in [-0.1, -0.05) is 11.6 Å². The molecule has 1 amide bonds. The summed E-state index contributed by atoms with van der Waals surface area (Å²) in [5.74, 6) is -1.42. The third kappa shape index (κ3) is 4.74. The van der Waals surface area contributed by atoms with Gasteiger partial charge < -0.3 is 19.9 Å². The van der Waals surface area contributed by atoms with Crippen LogP contribution in [-0.2, 0) is 9.59 Å². The van der Waals surface area contributed by atoms with E-state index in [-0.39, 0.29) is 5.56 Å². The van der Waals surface area contributed by atoms with Crippen LogP contribution < -0.4 is 14.8 Å². The number of carbonyl (C=O) groups excluding carboxylic acids is 2. The Balaban J connectivity index is 2.19. The van der Waals surface area contributed by atoms with Gasteiger partial charge in [-0.05, 0) is 42.5 Å². The minimum absolute atomic E-state index is 0.231. The molecule has 6 nitrogen and oxygen atoms in total. The number of ketones is 1. The van der Waals surface area contributed by atoms with E-state index in [9.17, 15) is 14.7 Å². The average Bonchev–Trinajstić information content (AvgIpc) is 2.62. The normalized spacial score (nSPS) is 10.9. The standard InChI is InChI=1S/C18H16ClNO5/c1-24-13-7-8-17(25-2)14(9-13)15(21)10-16(22)18(23)20-12-5-3-11(19)4-6-12/h3-10,21H,1-2H3,(H,20,23)/b15-10-. The molecule has 130 valence electrons. The van der Waals surface area contributed by atoms with Crippen molar-refractivity contribution >= 4 is 34.7 Å². The van der Waals surface area contributed by atoms with Crippen LogP contribution in [0.3, 0.4) is 0 Å². The molecule has 0 atom stereocenters. The molecule has 0 aliphatic rings. The second-order valence-corrected chi connectivity index (χ2v) is 5.36. The number of aliphatic hydroxyl groups is 1. The SMILES string of the molecule is COc1ccc(OC)c(/C(O)=C/C(=O)C(=O)Nc2ccc(Cl)cc2)c1. The fourth-order valence-electron chi connectivity index (χ4n) is 2.01. The van der Waals surface area contributed by atoms with Crippen LogP contribution in [-0.4, -0.2) is 31.0 Å². The Morgan fingerprint density at radius 1 is 1.08 bits per heavy atom. The van der Waals surface area contributed by atoms with Crippen LogP contribution in [0, 0.1) is 0 Å². The van der Waals surface area contributed by atoms with Crippen LogP contribution in [0.5, 0.6) is 11.5 Å². The van der Waals surface area contributed by atoms with Crippen molar-refractivity contribution < 1.29 is 24.2 Å². The fourth-order valence-corrected chi connectivity index (χ4v) is 2.13. The number of nitrogens with one attached hydrogen (secondary N) is 1. The van der Waals surface area contributed by atoms with Crippen LogP contribution in [0.25, 0.3) is 5.76 Å². The molecular weight excluding hydrogens is 346 g/mol. The number of benzene rings is 2. The van der Waals surface area contributed by atoms with Gasteiger partial charge in [-0.15, -0.1) is 0 Å². The number of hydrogen-bond donors (Lipinski definition) is 2. The van der Waals surface area contributed by atoms with Crippen molar-refractivity contribution in [3.63, 3.8) is 0 Å². The Hall–Kier alpha value is -2.99. The average molecular weight is 362 g/mol. The number of anilines is 1. The quantitative estimate of drug-likeness (QED) is 0.467. The van der Waals surface area contributed by atoms with Gasteiger partial charge >= 0.3 is 0 Å². The molecule has 25 heavy (non-hydrogen) atoms. The Morgan fingerprint density at radius 3 is 2.36 bits per heavy atom. The molecule has 0 spiro atoms. The van der Waals surface area contributed by atoms with E-state index in [2.05, 4.69) is 5.32 Å². The van der Waals surface area contributed by atoms with E-state index < -0.39 is 17.4 Å². The highest BCUT2D eigenvalue weighted by Crippen LogP contribution is 2.28. The second-order valence-electron chi connectivity index (χ2n) is 4.92. The smallest absolute Gasteiger partial charge is 0.296 e. The fraction of sp³-hybridized carbons (Fsp3) is 0.111. The molecule has 0 aliphatic heterocycles. The Morgan fingerprint density at radius 2 is 1.76 bits per heavy atom. The molecule has 0 saturated carbocycles. The number of aliphatic hydroxyl groups excluding tert-OH is 1.